The highest BCUT2D eigenvalue weighted by atomic mass is 19.1. The monoisotopic (exact) mass is 440 g/mol. The van der Waals surface area contributed by atoms with Gasteiger partial charge in [-0.25, -0.2) is 4.39 Å². The van der Waals surface area contributed by atoms with Crippen LogP contribution in [0.25, 0.3) is 0 Å². The lowest BCUT2D eigenvalue weighted by atomic mass is 9.68. The zero-order valence-corrected chi connectivity index (χ0v) is 19.8. The molecule has 1 aliphatic carbocycles. The molecule has 1 saturated carbocycles. The molecule has 0 unspecified atom stereocenters. The zero-order chi connectivity index (χ0) is 22.7. The maximum Gasteiger partial charge on any atom is 0.229 e. The first-order valence-corrected chi connectivity index (χ1v) is 12.2. The summed E-state index contributed by atoms with van der Waals surface area (Å²) in [6, 6.07) is 5.07. The summed E-state index contributed by atoms with van der Waals surface area (Å²) < 4.78 is 13.8. The van der Waals surface area contributed by atoms with Gasteiger partial charge in [0, 0.05) is 36.8 Å². The van der Waals surface area contributed by atoms with Gasteiger partial charge in [0.2, 0.25) is 5.91 Å². The predicted octanol–water partition coefficient (Wildman–Crippen LogP) is 5.17. The van der Waals surface area contributed by atoms with E-state index in [1.165, 1.54) is 30.2 Å². The van der Waals surface area contributed by atoms with Crippen molar-refractivity contribution in [3.63, 3.8) is 0 Å². The summed E-state index contributed by atoms with van der Waals surface area (Å²) in [4.78, 5) is 17.7. The number of nitrogens with one attached hydrogen (secondary N) is 1. The van der Waals surface area contributed by atoms with Gasteiger partial charge in [0.05, 0.1) is 11.6 Å². The normalized spacial score (nSPS) is 23.6. The predicted molar refractivity (Wildman–Crippen MR) is 125 cm³/mol. The molecule has 0 atom stereocenters. The van der Waals surface area contributed by atoms with Gasteiger partial charge in [0.25, 0.3) is 0 Å². The van der Waals surface area contributed by atoms with Crippen molar-refractivity contribution < 1.29 is 9.18 Å². The molecule has 1 N–H and O–H groups in total. The van der Waals surface area contributed by atoms with Crippen LogP contribution in [-0.4, -0.2) is 46.0 Å². The number of carbonyl (C=O) groups is 1. The fourth-order valence-corrected chi connectivity index (χ4v) is 5.69. The second kappa shape index (κ2) is 9.74. The third-order valence-electron chi connectivity index (χ3n) is 7.51. The Bertz CT molecular complexity index is 911. The van der Waals surface area contributed by atoms with Crippen LogP contribution < -0.4 is 0 Å². The number of likely N-dealkylation sites (tertiary alicyclic amines) is 1. The summed E-state index contributed by atoms with van der Waals surface area (Å²) in [5, 5.41) is 7.62. The van der Waals surface area contributed by atoms with E-state index in [-0.39, 0.29) is 17.1 Å². The molecule has 1 spiro atoms. The second-order valence-electron chi connectivity index (χ2n) is 10.1. The first-order valence-electron chi connectivity index (χ1n) is 12.2. The fraction of sp³-hybridized carbons (Fsp3) is 0.615. The molecule has 0 radical (unpaired) electrons. The largest absolute Gasteiger partial charge is 0.338 e. The van der Waals surface area contributed by atoms with Crippen molar-refractivity contribution >= 4 is 5.91 Å². The molecule has 174 valence electrons. The van der Waals surface area contributed by atoms with E-state index in [9.17, 15) is 9.18 Å². The third kappa shape index (κ3) is 4.90. The summed E-state index contributed by atoms with van der Waals surface area (Å²) in [5.41, 5.74) is 4.12. The lowest BCUT2D eigenvalue weighted by Crippen LogP contribution is -2.37. The molecule has 1 aromatic heterocycles. The van der Waals surface area contributed by atoms with Gasteiger partial charge in [0.1, 0.15) is 5.82 Å². The highest BCUT2D eigenvalue weighted by Gasteiger charge is 2.48. The van der Waals surface area contributed by atoms with Crippen LogP contribution in [0.4, 0.5) is 4.39 Å². The molecule has 32 heavy (non-hydrogen) atoms. The number of carbonyl (C=O) groups excluding carboxylic acids is 1. The summed E-state index contributed by atoms with van der Waals surface area (Å²) in [7, 11) is 2.17. The summed E-state index contributed by atoms with van der Waals surface area (Å²) in [6.07, 6.45) is 9.21. The number of hydrogen-bond donors (Lipinski definition) is 1. The molecule has 1 aliphatic heterocycles. The van der Waals surface area contributed by atoms with Gasteiger partial charge < -0.3 is 9.80 Å². The molecule has 1 aromatic carbocycles. The average Bonchev–Trinajstić information content (AvgIpc) is 3.33. The highest BCUT2D eigenvalue weighted by Crippen LogP contribution is 2.49. The molecular weight excluding hydrogens is 403 g/mol. The number of aromatic amines is 1. The number of H-pyrrole nitrogens is 1. The number of hydrogen-bond acceptors (Lipinski definition) is 3. The van der Waals surface area contributed by atoms with Crippen molar-refractivity contribution in [1.29, 1.82) is 0 Å². The molecule has 1 amide bonds. The molecule has 0 bridgehead atoms. The highest BCUT2D eigenvalue weighted by molar-refractivity contribution is 5.85. The first kappa shape index (κ1) is 23.0. The van der Waals surface area contributed by atoms with Crippen molar-refractivity contribution in [2.24, 2.45) is 5.41 Å². The van der Waals surface area contributed by atoms with Gasteiger partial charge in [-0.2, -0.15) is 5.10 Å². The Morgan fingerprint density at radius 3 is 2.75 bits per heavy atom. The molecule has 2 aliphatic rings. The molecule has 6 heteroatoms. The number of benzene rings is 1. The summed E-state index contributed by atoms with van der Waals surface area (Å²) in [5.74, 6) is 0.491. The minimum absolute atomic E-state index is 0.224. The number of unbranched alkanes of at least 4 members (excludes halogenated alkanes) is 1. The van der Waals surface area contributed by atoms with Crippen molar-refractivity contribution in [2.45, 2.75) is 77.8 Å². The Morgan fingerprint density at radius 2 is 2.03 bits per heavy atom. The van der Waals surface area contributed by atoms with Gasteiger partial charge in [-0.05, 0) is 82.3 Å². The smallest absolute Gasteiger partial charge is 0.229 e. The Kier molecular flexibility index (Phi) is 6.99. The molecule has 2 aromatic rings. The van der Waals surface area contributed by atoms with Crippen LogP contribution in [0.5, 0.6) is 0 Å². The van der Waals surface area contributed by atoms with Crippen molar-refractivity contribution in [1.82, 2.24) is 20.0 Å². The van der Waals surface area contributed by atoms with Gasteiger partial charge in [-0.1, -0.05) is 19.4 Å². The quantitative estimate of drug-likeness (QED) is 0.616. The molecule has 2 heterocycles. The number of amides is 1. The van der Waals surface area contributed by atoms with E-state index in [4.69, 9.17) is 0 Å². The van der Waals surface area contributed by atoms with E-state index in [1.807, 2.05) is 24.1 Å². The van der Waals surface area contributed by atoms with Gasteiger partial charge in [-0.15, -0.1) is 0 Å². The minimum Gasteiger partial charge on any atom is -0.338 e. The Hall–Kier alpha value is -2.21. The van der Waals surface area contributed by atoms with Crippen molar-refractivity contribution in [3.05, 3.63) is 52.6 Å². The Labute approximate surface area is 191 Å². The van der Waals surface area contributed by atoms with E-state index < -0.39 is 0 Å². The van der Waals surface area contributed by atoms with Crippen LogP contribution >= 0.6 is 0 Å². The molecule has 2 fully saturated rings. The number of halogens is 1. The summed E-state index contributed by atoms with van der Waals surface area (Å²) >= 11 is 0. The average molecular weight is 441 g/mol. The van der Waals surface area contributed by atoms with E-state index in [1.54, 1.807) is 6.07 Å². The van der Waals surface area contributed by atoms with Crippen molar-refractivity contribution in [3.8, 4) is 0 Å². The number of nitrogens with zero attached hydrogens (tertiary/aromatic N) is 3. The topological polar surface area (TPSA) is 52.2 Å². The number of rotatable bonds is 8. The van der Waals surface area contributed by atoms with Crippen LogP contribution in [0.3, 0.4) is 0 Å². The van der Waals surface area contributed by atoms with Crippen LogP contribution in [-0.2, 0) is 17.9 Å². The Balaban J connectivity index is 1.36. The molecule has 4 rings (SSSR count). The molecular formula is C26H37FN4O. The maximum absolute atomic E-state index is 13.8. The van der Waals surface area contributed by atoms with E-state index in [0.717, 1.165) is 62.9 Å². The SMILES string of the molecule is CCCCN(C)Cc1cn[nH]c1C1CCC2(CC1)CCN(Cc1cc(C)cc(F)c1)C2=O. The molecule has 5 nitrogen and oxygen atoms in total. The second-order valence-corrected chi connectivity index (χ2v) is 10.1. The number of aromatic nitrogens is 2. The Morgan fingerprint density at radius 1 is 1.25 bits per heavy atom. The fourth-order valence-electron chi connectivity index (χ4n) is 5.69. The van der Waals surface area contributed by atoms with Gasteiger partial charge in [-0.3, -0.25) is 9.89 Å². The van der Waals surface area contributed by atoms with E-state index in [2.05, 4.69) is 29.1 Å². The minimum atomic E-state index is -0.225. The number of aryl methyl sites for hydroxylation is 1. The van der Waals surface area contributed by atoms with Gasteiger partial charge >= 0.3 is 0 Å². The van der Waals surface area contributed by atoms with Crippen LogP contribution in [0.2, 0.25) is 0 Å². The van der Waals surface area contributed by atoms with Crippen LogP contribution in [0, 0.1) is 18.2 Å². The van der Waals surface area contributed by atoms with E-state index in [0.29, 0.717) is 12.5 Å². The standard InChI is InChI=1S/C26H37FN4O/c1-4-5-11-30(3)18-22-16-28-29-24(22)21-6-8-26(9-7-21)10-12-31(25(26)32)17-20-13-19(2)14-23(27)15-20/h13-16,21H,4-12,17-18H2,1-3H3,(H,28,29). The lowest BCUT2D eigenvalue weighted by Gasteiger charge is -2.36. The molecule has 1 saturated heterocycles. The summed E-state index contributed by atoms with van der Waals surface area (Å²) in [6.45, 7) is 7.43. The van der Waals surface area contributed by atoms with Crippen molar-refractivity contribution in [2.75, 3.05) is 20.1 Å². The van der Waals surface area contributed by atoms with Gasteiger partial charge in [0.15, 0.2) is 0 Å². The first-order chi connectivity index (χ1) is 15.4. The lowest BCUT2D eigenvalue weighted by molar-refractivity contribution is -0.138. The van der Waals surface area contributed by atoms with Crippen LogP contribution in [0.1, 0.15) is 80.2 Å². The third-order valence-corrected chi connectivity index (χ3v) is 7.51. The van der Waals surface area contributed by atoms with E-state index >= 15 is 0 Å². The zero-order valence-electron chi connectivity index (χ0n) is 19.8. The van der Waals surface area contributed by atoms with Crippen LogP contribution in [0.15, 0.2) is 24.4 Å². The maximum atomic E-state index is 13.8.